The highest BCUT2D eigenvalue weighted by molar-refractivity contribution is 5.67. The van der Waals surface area contributed by atoms with Crippen LogP contribution in [-0.4, -0.2) is 65.4 Å². The van der Waals surface area contributed by atoms with Gasteiger partial charge in [0.15, 0.2) is 0 Å². The molecular formula is C27H42N2O6. The molecule has 0 aromatic heterocycles. The molecule has 0 saturated carbocycles. The molecule has 3 N–H and O–H groups in total. The predicted molar refractivity (Wildman–Crippen MR) is 138 cm³/mol. The SMILES string of the molecule is COCCOc1ccc(CCN)cc1.COCCOc1ccc(CCNC(=O)OC(C)(C)C)cc1. The van der Waals surface area contributed by atoms with Crippen LogP contribution < -0.4 is 20.5 Å². The Morgan fingerprint density at radius 1 is 0.771 bits per heavy atom. The minimum Gasteiger partial charge on any atom is -0.491 e. The van der Waals surface area contributed by atoms with Crippen LogP contribution in [0.3, 0.4) is 0 Å². The van der Waals surface area contributed by atoms with Crippen molar-refractivity contribution in [3.8, 4) is 11.5 Å². The van der Waals surface area contributed by atoms with Gasteiger partial charge in [0, 0.05) is 20.8 Å². The molecule has 2 aromatic carbocycles. The summed E-state index contributed by atoms with van der Waals surface area (Å²) in [6, 6.07) is 15.8. The van der Waals surface area contributed by atoms with E-state index < -0.39 is 5.60 Å². The molecule has 0 aliphatic carbocycles. The first-order chi connectivity index (χ1) is 16.8. The summed E-state index contributed by atoms with van der Waals surface area (Å²) in [5, 5.41) is 2.74. The van der Waals surface area contributed by atoms with Crippen molar-refractivity contribution in [2.75, 3.05) is 53.7 Å². The zero-order valence-corrected chi connectivity index (χ0v) is 21.8. The van der Waals surface area contributed by atoms with Crippen LogP contribution in [-0.2, 0) is 27.1 Å². The molecule has 0 fully saturated rings. The molecule has 35 heavy (non-hydrogen) atoms. The van der Waals surface area contributed by atoms with E-state index in [2.05, 4.69) is 5.32 Å². The van der Waals surface area contributed by atoms with Gasteiger partial charge in [-0.3, -0.25) is 0 Å². The maximum Gasteiger partial charge on any atom is 0.407 e. The average Bonchev–Trinajstić information content (AvgIpc) is 2.81. The fourth-order valence-corrected chi connectivity index (χ4v) is 2.78. The van der Waals surface area contributed by atoms with Crippen molar-refractivity contribution in [1.29, 1.82) is 0 Å². The molecule has 0 saturated heterocycles. The van der Waals surface area contributed by atoms with Crippen LogP contribution in [0.1, 0.15) is 31.9 Å². The average molecular weight is 491 g/mol. The molecule has 0 aliphatic rings. The second-order valence-corrected chi connectivity index (χ2v) is 8.69. The highest BCUT2D eigenvalue weighted by atomic mass is 16.6. The van der Waals surface area contributed by atoms with Crippen molar-refractivity contribution in [3.63, 3.8) is 0 Å². The Hall–Kier alpha value is -2.81. The standard InChI is InChI=1S/C16H25NO4.C11H17NO2/c1-16(2,3)21-15(18)17-10-9-13-5-7-14(8-6-13)20-12-11-19-4;1-13-8-9-14-11-4-2-10(3-5-11)6-7-12/h5-8H,9-12H2,1-4H3,(H,17,18);2-5H,6-9,12H2,1H3. The molecule has 2 aromatic rings. The Kier molecular flexibility index (Phi) is 15.2. The van der Waals surface area contributed by atoms with E-state index in [1.807, 2.05) is 69.3 Å². The van der Waals surface area contributed by atoms with E-state index in [1.54, 1.807) is 14.2 Å². The van der Waals surface area contributed by atoms with Gasteiger partial charge in [-0.25, -0.2) is 4.79 Å². The zero-order valence-electron chi connectivity index (χ0n) is 21.8. The lowest BCUT2D eigenvalue weighted by Crippen LogP contribution is -2.33. The summed E-state index contributed by atoms with van der Waals surface area (Å²) in [5.41, 5.74) is 7.35. The van der Waals surface area contributed by atoms with Gasteiger partial charge in [0.2, 0.25) is 0 Å². The number of ether oxygens (including phenoxy) is 5. The Morgan fingerprint density at radius 3 is 1.63 bits per heavy atom. The highest BCUT2D eigenvalue weighted by Crippen LogP contribution is 2.13. The third-order valence-electron chi connectivity index (χ3n) is 4.47. The smallest absolute Gasteiger partial charge is 0.407 e. The molecular weight excluding hydrogens is 448 g/mol. The minimum absolute atomic E-state index is 0.387. The molecule has 196 valence electrons. The van der Waals surface area contributed by atoms with Gasteiger partial charge in [-0.05, 0) is 75.5 Å². The third kappa shape index (κ3) is 15.7. The largest absolute Gasteiger partial charge is 0.491 e. The first kappa shape index (κ1) is 30.2. The summed E-state index contributed by atoms with van der Waals surface area (Å²) in [6.45, 7) is 9.07. The number of hydrogen-bond donors (Lipinski definition) is 2. The lowest BCUT2D eigenvalue weighted by atomic mass is 10.1. The van der Waals surface area contributed by atoms with Crippen LogP contribution >= 0.6 is 0 Å². The number of benzene rings is 2. The molecule has 8 heteroatoms. The summed E-state index contributed by atoms with van der Waals surface area (Å²) < 4.78 is 25.9. The molecule has 0 radical (unpaired) electrons. The second kappa shape index (κ2) is 17.6. The number of alkyl carbamates (subject to hydrolysis) is 1. The highest BCUT2D eigenvalue weighted by Gasteiger charge is 2.15. The van der Waals surface area contributed by atoms with Crippen LogP contribution in [0, 0.1) is 0 Å². The van der Waals surface area contributed by atoms with E-state index in [9.17, 15) is 4.79 Å². The topological polar surface area (TPSA) is 101 Å². The van der Waals surface area contributed by atoms with Crippen LogP contribution in [0.15, 0.2) is 48.5 Å². The van der Waals surface area contributed by atoms with Gasteiger partial charge in [0.1, 0.15) is 30.3 Å². The summed E-state index contributed by atoms with van der Waals surface area (Å²) >= 11 is 0. The number of carbonyl (C=O) groups excluding carboxylic acids is 1. The van der Waals surface area contributed by atoms with Crippen molar-refractivity contribution in [1.82, 2.24) is 5.32 Å². The lowest BCUT2D eigenvalue weighted by Gasteiger charge is -2.19. The maximum absolute atomic E-state index is 11.5. The van der Waals surface area contributed by atoms with Gasteiger partial charge < -0.3 is 34.7 Å². The first-order valence-corrected chi connectivity index (χ1v) is 11.9. The lowest BCUT2D eigenvalue weighted by molar-refractivity contribution is 0.0528. The zero-order chi connectivity index (χ0) is 25.9. The van der Waals surface area contributed by atoms with Gasteiger partial charge in [-0.2, -0.15) is 0 Å². The van der Waals surface area contributed by atoms with Crippen LogP contribution in [0.2, 0.25) is 0 Å². The summed E-state index contributed by atoms with van der Waals surface area (Å²) in [5.74, 6) is 1.69. The van der Waals surface area contributed by atoms with Crippen molar-refractivity contribution >= 4 is 6.09 Å². The van der Waals surface area contributed by atoms with Crippen molar-refractivity contribution in [2.24, 2.45) is 5.73 Å². The first-order valence-electron chi connectivity index (χ1n) is 11.9. The fraction of sp³-hybridized carbons (Fsp3) is 0.519. The van der Waals surface area contributed by atoms with Gasteiger partial charge in [-0.15, -0.1) is 0 Å². The van der Waals surface area contributed by atoms with Crippen molar-refractivity contribution in [3.05, 3.63) is 59.7 Å². The third-order valence-corrected chi connectivity index (χ3v) is 4.47. The van der Waals surface area contributed by atoms with E-state index in [0.717, 1.165) is 29.9 Å². The Morgan fingerprint density at radius 2 is 1.23 bits per heavy atom. The molecule has 0 bridgehead atoms. The van der Waals surface area contributed by atoms with Crippen molar-refractivity contribution < 1.29 is 28.5 Å². The summed E-state index contributed by atoms with van der Waals surface area (Å²) in [7, 11) is 3.30. The summed E-state index contributed by atoms with van der Waals surface area (Å²) in [6.07, 6.45) is 1.28. The van der Waals surface area contributed by atoms with E-state index in [-0.39, 0.29) is 6.09 Å². The van der Waals surface area contributed by atoms with Gasteiger partial charge in [0.25, 0.3) is 0 Å². The maximum atomic E-state index is 11.5. The second-order valence-electron chi connectivity index (χ2n) is 8.69. The number of nitrogens with two attached hydrogens (primary N) is 1. The minimum atomic E-state index is -0.467. The predicted octanol–water partition coefficient (Wildman–Crippen LogP) is 3.99. The number of carbonyl (C=O) groups is 1. The Balaban J connectivity index is 0.000000379. The van der Waals surface area contributed by atoms with E-state index in [4.69, 9.17) is 29.4 Å². The molecule has 1 amide bonds. The Bertz CT molecular complexity index is 804. The summed E-state index contributed by atoms with van der Waals surface area (Å²) in [4.78, 5) is 11.5. The van der Waals surface area contributed by atoms with E-state index >= 15 is 0 Å². The molecule has 8 nitrogen and oxygen atoms in total. The fourth-order valence-electron chi connectivity index (χ4n) is 2.78. The van der Waals surface area contributed by atoms with Gasteiger partial charge >= 0.3 is 6.09 Å². The van der Waals surface area contributed by atoms with Gasteiger partial charge in [0.05, 0.1) is 13.2 Å². The molecule has 0 aliphatic heterocycles. The number of rotatable bonds is 13. The van der Waals surface area contributed by atoms with Gasteiger partial charge in [-0.1, -0.05) is 24.3 Å². The number of methoxy groups -OCH3 is 2. The van der Waals surface area contributed by atoms with Crippen LogP contribution in [0.25, 0.3) is 0 Å². The van der Waals surface area contributed by atoms with Crippen LogP contribution in [0.4, 0.5) is 4.79 Å². The van der Waals surface area contributed by atoms with E-state index in [0.29, 0.717) is 39.5 Å². The van der Waals surface area contributed by atoms with E-state index in [1.165, 1.54) is 5.56 Å². The van der Waals surface area contributed by atoms with Crippen LogP contribution in [0.5, 0.6) is 11.5 Å². The number of amides is 1. The Labute approximate surface area is 210 Å². The monoisotopic (exact) mass is 490 g/mol. The number of nitrogens with one attached hydrogen (secondary N) is 1. The quantitative estimate of drug-likeness (QED) is 0.409. The number of hydrogen-bond acceptors (Lipinski definition) is 7. The van der Waals surface area contributed by atoms with Crippen molar-refractivity contribution in [2.45, 2.75) is 39.2 Å². The molecule has 0 atom stereocenters. The molecule has 0 heterocycles. The molecule has 0 unspecified atom stereocenters. The normalized spacial score (nSPS) is 10.7. The molecule has 0 spiro atoms. The molecule has 2 rings (SSSR count).